The fourth-order valence-electron chi connectivity index (χ4n) is 2.96. The van der Waals surface area contributed by atoms with Crippen molar-refractivity contribution in [3.63, 3.8) is 0 Å². The van der Waals surface area contributed by atoms with Gasteiger partial charge in [0, 0.05) is 12.1 Å². The molecule has 0 radical (unpaired) electrons. The van der Waals surface area contributed by atoms with E-state index < -0.39 is 24.9 Å². The first-order chi connectivity index (χ1) is 14.0. The molecule has 0 aliphatic rings. The Balaban J connectivity index is 2.49. The molecule has 0 aromatic heterocycles. The van der Waals surface area contributed by atoms with Crippen molar-refractivity contribution in [1.29, 1.82) is 0 Å². The van der Waals surface area contributed by atoms with Gasteiger partial charge in [0.05, 0.1) is 13.7 Å². The van der Waals surface area contributed by atoms with E-state index in [4.69, 9.17) is 4.74 Å². The number of alkyl halides is 2. The van der Waals surface area contributed by atoms with Crippen molar-refractivity contribution in [2.24, 2.45) is 0 Å². The van der Waals surface area contributed by atoms with Crippen molar-refractivity contribution < 1.29 is 23.1 Å². The highest BCUT2D eigenvalue weighted by molar-refractivity contribution is 6.01. The molecular formula is C22H26F2N2O3. The maximum Gasteiger partial charge on any atom is 0.255 e. The number of amides is 2. The van der Waals surface area contributed by atoms with E-state index in [0.29, 0.717) is 23.4 Å². The molecular weight excluding hydrogens is 378 g/mol. The molecule has 29 heavy (non-hydrogen) atoms. The van der Waals surface area contributed by atoms with Crippen molar-refractivity contribution in [3.8, 4) is 5.75 Å². The van der Waals surface area contributed by atoms with E-state index in [0.717, 1.165) is 6.42 Å². The van der Waals surface area contributed by atoms with Gasteiger partial charge in [-0.3, -0.25) is 14.5 Å². The van der Waals surface area contributed by atoms with Gasteiger partial charge in [-0.15, -0.1) is 0 Å². The summed E-state index contributed by atoms with van der Waals surface area (Å²) in [6, 6.07) is 14.4. The largest absolute Gasteiger partial charge is 0.497 e. The lowest BCUT2D eigenvalue weighted by molar-refractivity contribution is -0.127. The lowest BCUT2D eigenvalue weighted by atomic mass is 10.0. The number of ether oxygens (including phenoxy) is 1. The van der Waals surface area contributed by atoms with E-state index in [9.17, 15) is 18.4 Å². The van der Waals surface area contributed by atoms with Crippen LogP contribution in [0.15, 0.2) is 54.6 Å². The summed E-state index contributed by atoms with van der Waals surface area (Å²) >= 11 is 0. The standard InChI is InChI=1S/C22H26F2N2O3/c1-3-4-10-20(27)26(17-11-13-18(29-2)14-12-17)21(16-8-6-5-7-9-16)22(28)25-15-19(23)24/h5-9,11-14,19,21H,3-4,10,15H2,1-2H3,(H,25,28). The summed E-state index contributed by atoms with van der Waals surface area (Å²) in [7, 11) is 1.53. The maximum atomic E-state index is 13.1. The summed E-state index contributed by atoms with van der Waals surface area (Å²) in [4.78, 5) is 27.4. The van der Waals surface area contributed by atoms with Gasteiger partial charge in [-0.2, -0.15) is 0 Å². The molecule has 1 atom stereocenters. The van der Waals surface area contributed by atoms with E-state index >= 15 is 0 Å². The molecule has 0 heterocycles. The van der Waals surface area contributed by atoms with Gasteiger partial charge in [0.1, 0.15) is 11.8 Å². The molecule has 0 saturated carbocycles. The van der Waals surface area contributed by atoms with Crippen LogP contribution in [0.5, 0.6) is 5.75 Å². The van der Waals surface area contributed by atoms with Gasteiger partial charge in [-0.25, -0.2) is 8.78 Å². The number of nitrogens with one attached hydrogen (secondary N) is 1. The van der Waals surface area contributed by atoms with E-state index in [2.05, 4.69) is 5.32 Å². The minimum Gasteiger partial charge on any atom is -0.497 e. The second-order valence-electron chi connectivity index (χ2n) is 6.51. The third-order valence-corrected chi connectivity index (χ3v) is 4.42. The number of hydrogen-bond donors (Lipinski definition) is 1. The zero-order valence-electron chi connectivity index (χ0n) is 16.6. The van der Waals surface area contributed by atoms with Crippen LogP contribution in [0.1, 0.15) is 37.8 Å². The number of nitrogens with zero attached hydrogens (tertiary/aromatic N) is 1. The van der Waals surface area contributed by atoms with Gasteiger partial charge in [0.2, 0.25) is 11.8 Å². The summed E-state index contributed by atoms with van der Waals surface area (Å²) in [5.41, 5.74) is 1.04. The van der Waals surface area contributed by atoms with Crippen LogP contribution in [0.2, 0.25) is 0 Å². The van der Waals surface area contributed by atoms with E-state index in [1.165, 1.54) is 12.0 Å². The number of carbonyl (C=O) groups is 2. The minimum absolute atomic E-state index is 0.244. The van der Waals surface area contributed by atoms with Crippen molar-refractivity contribution in [2.45, 2.75) is 38.7 Å². The molecule has 0 fully saturated rings. The molecule has 0 aliphatic heterocycles. The maximum absolute atomic E-state index is 13.1. The Labute approximate surface area is 169 Å². The normalized spacial score (nSPS) is 11.8. The number of halogens is 2. The highest BCUT2D eigenvalue weighted by Crippen LogP contribution is 2.30. The Hall–Kier alpha value is -2.96. The Kier molecular flexibility index (Phi) is 8.58. The molecule has 2 aromatic carbocycles. The molecule has 2 amide bonds. The van der Waals surface area contributed by atoms with Crippen LogP contribution >= 0.6 is 0 Å². The zero-order chi connectivity index (χ0) is 21.2. The van der Waals surface area contributed by atoms with Crippen molar-refractivity contribution in [1.82, 2.24) is 5.32 Å². The van der Waals surface area contributed by atoms with Crippen LogP contribution in [0.25, 0.3) is 0 Å². The number of benzene rings is 2. The van der Waals surface area contributed by atoms with Crippen LogP contribution in [-0.2, 0) is 9.59 Å². The molecule has 0 aliphatic carbocycles. The third-order valence-electron chi connectivity index (χ3n) is 4.42. The van der Waals surface area contributed by atoms with Gasteiger partial charge in [0.15, 0.2) is 0 Å². The number of anilines is 1. The summed E-state index contributed by atoms with van der Waals surface area (Å²) in [6.07, 6.45) is -0.962. The average Bonchev–Trinajstić information content (AvgIpc) is 2.74. The SMILES string of the molecule is CCCCC(=O)N(c1ccc(OC)cc1)C(C(=O)NCC(F)F)c1ccccc1. The molecule has 156 valence electrons. The highest BCUT2D eigenvalue weighted by atomic mass is 19.3. The molecule has 2 aromatic rings. The number of methoxy groups -OCH3 is 1. The predicted octanol–water partition coefficient (Wildman–Crippen LogP) is 4.34. The molecule has 2 rings (SSSR count). The quantitative estimate of drug-likeness (QED) is 0.641. The smallest absolute Gasteiger partial charge is 0.255 e. The zero-order valence-corrected chi connectivity index (χ0v) is 16.6. The van der Waals surface area contributed by atoms with Crippen LogP contribution in [-0.4, -0.2) is 31.9 Å². The summed E-state index contributed by atoms with van der Waals surface area (Å²) in [5, 5.41) is 2.26. The lowest BCUT2D eigenvalue weighted by Gasteiger charge is -2.31. The second-order valence-corrected chi connectivity index (χ2v) is 6.51. The first-order valence-corrected chi connectivity index (χ1v) is 9.54. The molecule has 1 N–H and O–H groups in total. The van der Waals surface area contributed by atoms with Gasteiger partial charge in [0.25, 0.3) is 6.43 Å². The first kappa shape index (κ1) is 22.3. The first-order valence-electron chi connectivity index (χ1n) is 9.54. The van der Waals surface area contributed by atoms with E-state index in [1.54, 1.807) is 54.6 Å². The lowest BCUT2D eigenvalue weighted by Crippen LogP contribution is -2.45. The number of rotatable bonds is 10. The molecule has 1 unspecified atom stereocenters. The van der Waals surface area contributed by atoms with Gasteiger partial charge in [-0.05, 0) is 36.2 Å². The number of carbonyl (C=O) groups excluding carboxylic acids is 2. The highest BCUT2D eigenvalue weighted by Gasteiger charge is 2.32. The van der Waals surface area contributed by atoms with Crippen LogP contribution in [0.4, 0.5) is 14.5 Å². The summed E-state index contributed by atoms with van der Waals surface area (Å²) < 4.78 is 30.5. The van der Waals surface area contributed by atoms with Gasteiger partial charge in [-0.1, -0.05) is 43.7 Å². The van der Waals surface area contributed by atoms with Crippen molar-refractivity contribution in [3.05, 3.63) is 60.2 Å². The van der Waals surface area contributed by atoms with Gasteiger partial charge < -0.3 is 10.1 Å². The fourth-order valence-corrected chi connectivity index (χ4v) is 2.96. The van der Waals surface area contributed by atoms with Crippen LogP contribution < -0.4 is 15.0 Å². The molecule has 0 spiro atoms. The predicted molar refractivity (Wildman–Crippen MR) is 108 cm³/mol. The number of hydrogen-bond acceptors (Lipinski definition) is 3. The second kappa shape index (κ2) is 11.1. The Bertz CT molecular complexity index is 782. The van der Waals surface area contributed by atoms with Crippen LogP contribution in [0.3, 0.4) is 0 Å². The Morgan fingerprint density at radius 2 is 1.72 bits per heavy atom. The molecule has 5 nitrogen and oxygen atoms in total. The third kappa shape index (κ3) is 6.27. The molecule has 0 bridgehead atoms. The number of unbranched alkanes of at least 4 members (excludes halogenated alkanes) is 1. The monoisotopic (exact) mass is 404 g/mol. The van der Waals surface area contributed by atoms with Crippen molar-refractivity contribution in [2.75, 3.05) is 18.6 Å². The van der Waals surface area contributed by atoms with E-state index in [-0.39, 0.29) is 12.3 Å². The Morgan fingerprint density at radius 1 is 1.07 bits per heavy atom. The Morgan fingerprint density at radius 3 is 2.28 bits per heavy atom. The molecule has 7 heteroatoms. The summed E-state index contributed by atoms with van der Waals surface area (Å²) in [5.74, 6) is -0.302. The fraction of sp³-hybridized carbons (Fsp3) is 0.364. The minimum atomic E-state index is -2.68. The van der Waals surface area contributed by atoms with E-state index in [1.807, 2.05) is 6.92 Å². The topological polar surface area (TPSA) is 58.6 Å². The molecule has 0 saturated heterocycles. The van der Waals surface area contributed by atoms with Crippen LogP contribution in [0, 0.1) is 0 Å². The van der Waals surface area contributed by atoms with Gasteiger partial charge >= 0.3 is 0 Å². The average molecular weight is 404 g/mol. The van der Waals surface area contributed by atoms with Crippen molar-refractivity contribution >= 4 is 17.5 Å². The summed E-state index contributed by atoms with van der Waals surface area (Å²) in [6.45, 7) is 1.19.